The van der Waals surface area contributed by atoms with E-state index in [9.17, 15) is 18.3 Å². The summed E-state index contributed by atoms with van der Waals surface area (Å²) in [6, 6.07) is 1.70. The van der Waals surface area contributed by atoms with Crippen molar-refractivity contribution in [1.29, 1.82) is 0 Å². The minimum atomic E-state index is -2.85. The lowest BCUT2D eigenvalue weighted by Gasteiger charge is -2.22. The lowest BCUT2D eigenvalue weighted by molar-refractivity contribution is 0.0739. The second-order valence-corrected chi connectivity index (χ2v) is 3.94. The molecule has 0 fully saturated rings. The van der Waals surface area contributed by atoms with Gasteiger partial charge in [0.2, 0.25) is 0 Å². The highest BCUT2D eigenvalue weighted by Gasteiger charge is 2.27. The highest BCUT2D eigenvalue weighted by molar-refractivity contribution is 5.45. The van der Waals surface area contributed by atoms with Crippen LogP contribution in [0.5, 0.6) is 5.75 Å². The van der Waals surface area contributed by atoms with Gasteiger partial charge in [0.1, 0.15) is 11.6 Å². The summed E-state index contributed by atoms with van der Waals surface area (Å²) in [4.78, 5) is 0. The number of rotatable bonds is 3. The topological polar surface area (TPSA) is 29.5 Å². The third kappa shape index (κ3) is 2.47. The molecular weight excluding hydrogens is 221 g/mol. The zero-order chi connectivity index (χ0) is 12.5. The Hall–Kier alpha value is -1.23. The van der Waals surface area contributed by atoms with Crippen molar-refractivity contribution < 1.29 is 23.0 Å². The highest BCUT2D eigenvalue weighted by atomic mass is 19.3. The average molecular weight is 234 g/mol. The fourth-order valence-corrected chi connectivity index (χ4v) is 1.46. The van der Waals surface area contributed by atoms with Crippen LogP contribution in [0.25, 0.3) is 0 Å². The zero-order valence-corrected chi connectivity index (χ0v) is 9.22. The Morgan fingerprint density at radius 1 is 1.31 bits per heavy atom. The van der Waals surface area contributed by atoms with Gasteiger partial charge in [-0.3, -0.25) is 0 Å². The Labute approximate surface area is 91.7 Å². The van der Waals surface area contributed by atoms with Gasteiger partial charge < -0.3 is 9.84 Å². The minimum Gasteiger partial charge on any atom is -0.496 e. The summed E-state index contributed by atoms with van der Waals surface area (Å²) < 4.78 is 43.2. The largest absolute Gasteiger partial charge is 0.496 e. The molecule has 5 heteroatoms. The third-order valence-corrected chi connectivity index (χ3v) is 2.18. The van der Waals surface area contributed by atoms with E-state index in [0.29, 0.717) is 6.07 Å². The molecule has 2 nitrogen and oxygen atoms in total. The zero-order valence-electron chi connectivity index (χ0n) is 9.22. The minimum absolute atomic E-state index is 0.00491. The van der Waals surface area contributed by atoms with Gasteiger partial charge in [-0.25, -0.2) is 13.2 Å². The molecule has 0 atom stereocenters. The van der Waals surface area contributed by atoms with E-state index in [2.05, 4.69) is 0 Å². The molecule has 1 aromatic carbocycles. The molecule has 1 N–H and O–H groups in total. The van der Waals surface area contributed by atoms with E-state index < -0.39 is 23.4 Å². The van der Waals surface area contributed by atoms with Gasteiger partial charge in [-0.05, 0) is 26.0 Å². The number of aliphatic hydroxyl groups is 1. The van der Waals surface area contributed by atoms with Gasteiger partial charge in [0, 0.05) is 5.56 Å². The van der Waals surface area contributed by atoms with Crippen LogP contribution in [-0.4, -0.2) is 12.2 Å². The smallest absolute Gasteiger partial charge is 0.267 e. The van der Waals surface area contributed by atoms with Crippen LogP contribution in [0.3, 0.4) is 0 Å². The molecule has 1 rings (SSSR count). The van der Waals surface area contributed by atoms with Crippen molar-refractivity contribution in [3.8, 4) is 5.75 Å². The second kappa shape index (κ2) is 4.33. The monoisotopic (exact) mass is 234 g/mol. The summed E-state index contributed by atoms with van der Waals surface area (Å²) in [5.41, 5.74) is -2.00. The van der Waals surface area contributed by atoms with Crippen LogP contribution in [-0.2, 0) is 5.60 Å². The summed E-state index contributed by atoms with van der Waals surface area (Å²) in [7, 11) is 1.20. The molecule has 0 bridgehead atoms. The Bertz CT molecular complexity index is 384. The maximum atomic E-state index is 13.1. The Morgan fingerprint density at radius 3 is 2.25 bits per heavy atom. The fourth-order valence-electron chi connectivity index (χ4n) is 1.46. The van der Waals surface area contributed by atoms with Gasteiger partial charge in [0.25, 0.3) is 6.43 Å². The maximum Gasteiger partial charge on any atom is 0.267 e. The van der Waals surface area contributed by atoms with Gasteiger partial charge in [0.15, 0.2) is 0 Å². The molecule has 0 amide bonds. The summed E-state index contributed by atoms with van der Waals surface area (Å²) >= 11 is 0. The number of alkyl halides is 2. The SMILES string of the molecule is COc1c(C(F)F)cc(F)cc1C(C)(C)O. The van der Waals surface area contributed by atoms with Crippen molar-refractivity contribution in [1.82, 2.24) is 0 Å². The molecule has 0 saturated carbocycles. The van der Waals surface area contributed by atoms with Crippen molar-refractivity contribution in [2.24, 2.45) is 0 Å². The molecule has 0 unspecified atom stereocenters. The molecule has 0 aliphatic carbocycles. The molecule has 0 aromatic heterocycles. The summed E-state index contributed by atoms with van der Waals surface area (Å²) in [5.74, 6) is -1.00. The van der Waals surface area contributed by atoms with E-state index in [1.807, 2.05) is 0 Å². The number of hydrogen-bond acceptors (Lipinski definition) is 2. The maximum absolute atomic E-state index is 13.1. The predicted octanol–water partition coefficient (Wildman–Crippen LogP) is 3.00. The van der Waals surface area contributed by atoms with Crippen molar-refractivity contribution >= 4 is 0 Å². The lowest BCUT2D eigenvalue weighted by atomic mass is 9.95. The molecule has 0 aliphatic heterocycles. The van der Waals surface area contributed by atoms with E-state index in [-0.39, 0.29) is 11.3 Å². The fraction of sp³-hybridized carbons (Fsp3) is 0.455. The molecule has 0 radical (unpaired) electrons. The summed E-state index contributed by atoms with van der Waals surface area (Å²) in [6.45, 7) is 2.75. The average Bonchev–Trinajstić information content (AvgIpc) is 2.14. The highest BCUT2D eigenvalue weighted by Crippen LogP contribution is 2.38. The van der Waals surface area contributed by atoms with Crippen molar-refractivity contribution in [3.05, 3.63) is 29.1 Å². The normalized spacial score (nSPS) is 12.0. The quantitative estimate of drug-likeness (QED) is 0.871. The van der Waals surface area contributed by atoms with Gasteiger partial charge in [-0.1, -0.05) is 0 Å². The third-order valence-electron chi connectivity index (χ3n) is 2.18. The molecule has 16 heavy (non-hydrogen) atoms. The van der Waals surface area contributed by atoms with Crippen molar-refractivity contribution in [2.45, 2.75) is 25.9 Å². The number of halogens is 3. The number of ether oxygens (including phenoxy) is 1. The summed E-state index contributed by atoms with van der Waals surface area (Å²) in [6.07, 6.45) is -2.85. The van der Waals surface area contributed by atoms with Crippen LogP contribution < -0.4 is 4.74 Å². The van der Waals surface area contributed by atoms with Gasteiger partial charge in [-0.2, -0.15) is 0 Å². The van der Waals surface area contributed by atoms with Gasteiger partial charge >= 0.3 is 0 Å². The van der Waals surface area contributed by atoms with Crippen LogP contribution in [0.2, 0.25) is 0 Å². The molecule has 0 aliphatic rings. The lowest BCUT2D eigenvalue weighted by Crippen LogP contribution is -2.18. The Morgan fingerprint density at radius 2 is 1.88 bits per heavy atom. The van der Waals surface area contributed by atoms with E-state index in [4.69, 9.17) is 4.74 Å². The first-order valence-electron chi connectivity index (χ1n) is 4.65. The predicted molar refractivity (Wildman–Crippen MR) is 53.2 cm³/mol. The molecular formula is C11H13F3O2. The van der Waals surface area contributed by atoms with Crippen molar-refractivity contribution in [2.75, 3.05) is 7.11 Å². The summed E-state index contributed by atoms with van der Waals surface area (Å²) in [5, 5.41) is 9.74. The first kappa shape index (κ1) is 12.8. The first-order valence-corrected chi connectivity index (χ1v) is 4.65. The molecule has 90 valence electrons. The van der Waals surface area contributed by atoms with E-state index in [0.717, 1.165) is 6.07 Å². The molecule has 1 aromatic rings. The van der Waals surface area contributed by atoms with Crippen LogP contribution in [0.4, 0.5) is 13.2 Å². The Balaban J connectivity index is 3.49. The Kier molecular flexibility index (Phi) is 3.48. The van der Waals surface area contributed by atoms with E-state index in [1.54, 1.807) is 0 Å². The number of benzene rings is 1. The standard InChI is InChI=1S/C11H13F3O2/c1-11(2,15)8-5-6(12)4-7(10(13)14)9(8)16-3/h4-5,10,15H,1-3H3. The first-order chi connectivity index (χ1) is 7.27. The van der Waals surface area contributed by atoms with E-state index >= 15 is 0 Å². The van der Waals surface area contributed by atoms with E-state index in [1.165, 1.54) is 21.0 Å². The van der Waals surface area contributed by atoms with Gasteiger partial charge in [0.05, 0.1) is 18.3 Å². The number of methoxy groups -OCH3 is 1. The second-order valence-electron chi connectivity index (χ2n) is 3.94. The van der Waals surface area contributed by atoms with Crippen LogP contribution in [0.1, 0.15) is 31.4 Å². The van der Waals surface area contributed by atoms with Crippen LogP contribution in [0, 0.1) is 5.82 Å². The number of hydrogen-bond donors (Lipinski definition) is 1. The van der Waals surface area contributed by atoms with Crippen LogP contribution >= 0.6 is 0 Å². The van der Waals surface area contributed by atoms with Gasteiger partial charge in [-0.15, -0.1) is 0 Å². The van der Waals surface area contributed by atoms with Crippen LogP contribution in [0.15, 0.2) is 12.1 Å². The van der Waals surface area contributed by atoms with Crippen molar-refractivity contribution in [3.63, 3.8) is 0 Å². The molecule has 0 heterocycles. The molecule has 0 saturated heterocycles. The molecule has 0 spiro atoms.